The van der Waals surface area contributed by atoms with Crippen molar-refractivity contribution in [2.45, 2.75) is 83.2 Å². The lowest BCUT2D eigenvalue weighted by Gasteiger charge is -2.24. The number of rotatable bonds is 4. The van der Waals surface area contributed by atoms with Crippen LogP contribution in [0.4, 0.5) is 0 Å². The molecule has 2 aliphatic heterocycles. The van der Waals surface area contributed by atoms with Gasteiger partial charge < -0.3 is 9.47 Å². The van der Waals surface area contributed by atoms with E-state index < -0.39 is 0 Å². The maximum absolute atomic E-state index is 6.10. The van der Waals surface area contributed by atoms with Gasteiger partial charge in [-0.3, -0.25) is 0 Å². The third-order valence-corrected chi connectivity index (χ3v) is 3.68. The molecule has 2 fully saturated rings. The zero-order chi connectivity index (χ0) is 10.7. The molecule has 0 saturated carbocycles. The molecular weight excluding hydrogens is 188 g/mol. The smallest absolute Gasteiger partial charge is 0.169 e. The summed E-state index contributed by atoms with van der Waals surface area (Å²) in [5, 5.41) is 0. The largest absolute Gasteiger partial charge is 0.347 e. The zero-order valence-corrected chi connectivity index (χ0v) is 10.1. The molecule has 2 heteroatoms. The molecule has 2 rings (SSSR count). The molecule has 2 atom stereocenters. The molecule has 0 aromatic rings. The first-order valence-electron chi connectivity index (χ1n) is 6.63. The minimum atomic E-state index is -0.167. The lowest BCUT2D eigenvalue weighted by atomic mass is 10.1. The van der Waals surface area contributed by atoms with Crippen LogP contribution in [0.2, 0.25) is 0 Å². The molecule has 15 heavy (non-hydrogen) atoms. The summed E-state index contributed by atoms with van der Waals surface area (Å²) in [6, 6.07) is 0. The minimum absolute atomic E-state index is 0.167. The molecule has 0 radical (unpaired) electrons. The Morgan fingerprint density at radius 3 is 1.80 bits per heavy atom. The molecule has 2 saturated heterocycles. The second kappa shape index (κ2) is 4.84. The lowest BCUT2D eigenvalue weighted by Crippen LogP contribution is -2.29. The summed E-state index contributed by atoms with van der Waals surface area (Å²) >= 11 is 0. The van der Waals surface area contributed by atoms with Gasteiger partial charge in [0.05, 0.1) is 12.2 Å². The van der Waals surface area contributed by atoms with Crippen molar-refractivity contribution in [1.29, 1.82) is 0 Å². The minimum Gasteiger partial charge on any atom is -0.347 e. The van der Waals surface area contributed by atoms with Gasteiger partial charge in [0.1, 0.15) is 0 Å². The Morgan fingerprint density at radius 1 is 0.933 bits per heavy atom. The average molecular weight is 212 g/mol. The standard InChI is InChI=1S/C13H24O2/c1-3-5-11-7-9-13(14-11)10-8-12(15-13)6-4-2/h11-12H,3-10H2,1-2H3/t11-,12-,13?/m0/s1. The van der Waals surface area contributed by atoms with Crippen LogP contribution in [-0.4, -0.2) is 18.0 Å². The van der Waals surface area contributed by atoms with E-state index in [0.29, 0.717) is 12.2 Å². The first-order chi connectivity index (χ1) is 7.28. The van der Waals surface area contributed by atoms with Crippen LogP contribution >= 0.6 is 0 Å². The van der Waals surface area contributed by atoms with Gasteiger partial charge in [0.15, 0.2) is 5.79 Å². The van der Waals surface area contributed by atoms with Crippen molar-refractivity contribution in [1.82, 2.24) is 0 Å². The zero-order valence-electron chi connectivity index (χ0n) is 10.1. The Balaban J connectivity index is 1.83. The van der Waals surface area contributed by atoms with Gasteiger partial charge in [0, 0.05) is 12.8 Å². The second-order valence-corrected chi connectivity index (χ2v) is 5.05. The van der Waals surface area contributed by atoms with E-state index in [0.717, 1.165) is 12.8 Å². The summed E-state index contributed by atoms with van der Waals surface area (Å²) in [6.45, 7) is 4.45. The monoisotopic (exact) mass is 212 g/mol. The van der Waals surface area contributed by atoms with Gasteiger partial charge in [-0.2, -0.15) is 0 Å². The van der Waals surface area contributed by atoms with Crippen molar-refractivity contribution in [2.75, 3.05) is 0 Å². The third kappa shape index (κ3) is 2.54. The summed E-state index contributed by atoms with van der Waals surface area (Å²) in [7, 11) is 0. The van der Waals surface area contributed by atoms with Gasteiger partial charge in [-0.1, -0.05) is 26.7 Å². The summed E-state index contributed by atoms with van der Waals surface area (Å²) in [5.74, 6) is -0.167. The fraction of sp³-hybridized carbons (Fsp3) is 1.00. The second-order valence-electron chi connectivity index (χ2n) is 5.05. The van der Waals surface area contributed by atoms with Crippen molar-refractivity contribution in [3.8, 4) is 0 Å². The Kier molecular flexibility index (Phi) is 3.68. The summed E-state index contributed by atoms with van der Waals surface area (Å²) in [5.41, 5.74) is 0. The van der Waals surface area contributed by atoms with Crippen molar-refractivity contribution >= 4 is 0 Å². The van der Waals surface area contributed by atoms with Crippen molar-refractivity contribution < 1.29 is 9.47 Å². The molecule has 0 bridgehead atoms. The molecule has 88 valence electrons. The predicted octanol–water partition coefficient (Wildman–Crippen LogP) is 3.64. The highest BCUT2D eigenvalue weighted by atomic mass is 16.7. The molecule has 0 amide bonds. The van der Waals surface area contributed by atoms with Crippen LogP contribution in [-0.2, 0) is 9.47 Å². The van der Waals surface area contributed by atoms with E-state index in [1.165, 1.54) is 38.5 Å². The van der Waals surface area contributed by atoms with E-state index >= 15 is 0 Å². The Morgan fingerprint density at radius 2 is 1.40 bits per heavy atom. The van der Waals surface area contributed by atoms with Crippen LogP contribution in [0.25, 0.3) is 0 Å². The van der Waals surface area contributed by atoms with E-state index in [9.17, 15) is 0 Å². The fourth-order valence-corrected chi connectivity index (χ4v) is 2.93. The molecule has 2 nitrogen and oxygen atoms in total. The van der Waals surface area contributed by atoms with Crippen molar-refractivity contribution in [3.63, 3.8) is 0 Å². The van der Waals surface area contributed by atoms with Crippen LogP contribution in [0.3, 0.4) is 0 Å². The van der Waals surface area contributed by atoms with Crippen LogP contribution in [0, 0.1) is 0 Å². The number of hydrogen-bond donors (Lipinski definition) is 0. The average Bonchev–Trinajstić information content (AvgIpc) is 2.77. The molecule has 1 spiro atoms. The first kappa shape index (κ1) is 11.4. The lowest BCUT2D eigenvalue weighted by molar-refractivity contribution is -0.217. The van der Waals surface area contributed by atoms with Crippen LogP contribution in [0.5, 0.6) is 0 Å². The number of ether oxygens (including phenoxy) is 2. The van der Waals surface area contributed by atoms with Gasteiger partial charge in [-0.05, 0) is 25.7 Å². The molecule has 2 aliphatic rings. The van der Waals surface area contributed by atoms with Gasteiger partial charge >= 0.3 is 0 Å². The maximum atomic E-state index is 6.10. The molecule has 0 aromatic heterocycles. The highest BCUT2D eigenvalue weighted by Crippen LogP contribution is 2.43. The fourth-order valence-electron chi connectivity index (χ4n) is 2.93. The Hall–Kier alpha value is -0.0800. The van der Waals surface area contributed by atoms with E-state index in [2.05, 4.69) is 13.8 Å². The quantitative estimate of drug-likeness (QED) is 0.708. The van der Waals surface area contributed by atoms with Gasteiger partial charge in [-0.15, -0.1) is 0 Å². The summed E-state index contributed by atoms with van der Waals surface area (Å²) < 4.78 is 12.2. The highest BCUT2D eigenvalue weighted by molar-refractivity contribution is 4.87. The SMILES string of the molecule is CCC[C@H]1CCC2(CC[C@H](CCC)O2)O1. The van der Waals surface area contributed by atoms with E-state index in [1.807, 2.05) is 0 Å². The summed E-state index contributed by atoms with van der Waals surface area (Å²) in [6.07, 6.45) is 10.4. The molecule has 0 aliphatic carbocycles. The Labute approximate surface area is 93.3 Å². The summed E-state index contributed by atoms with van der Waals surface area (Å²) in [4.78, 5) is 0. The molecule has 2 heterocycles. The van der Waals surface area contributed by atoms with Gasteiger partial charge in [0.2, 0.25) is 0 Å². The van der Waals surface area contributed by atoms with Gasteiger partial charge in [-0.25, -0.2) is 0 Å². The van der Waals surface area contributed by atoms with Crippen molar-refractivity contribution in [2.24, 2.45) is 0 Å². The normalized spacial score (nSPS) is 34.0. The van der Waals surface area contributed by atoms with E-state index in [4.69, 9.17) is 9.47 Å². The molecule has 0 unspecified atom stereocenters. The van der Waals surface area contributed by atoms with Crippen LogP contribution < -0.4 is 0 Å². The Bertz CT molecular complexity index is 181. The topological polar surface area (TPSA) is 18.5 Å². The predicted molar refractivity (Wildman–Crippen MR) is 60.8 cm³/mol. The van der Waals surface area contributed by atoms with Crippen LogP contribution in [0.1, 0.15) is 65.2 Å². The first-order valence-corrected chi connectivity index (χ1v) is 6.63. The van der Waals surface area contributed by atoms with Crippen LogP contribution in [0.15, 0.2) is 0 Å². The van der Waals surface area contributed by atoms with Crippen molar-refractivity contribution in [3.05, 3.63) is 0 Å². The molecular formula is C13H24O2. The van der Waals surface area contributed by atoms with E-state index in [1.54, 1.807) is 0 Å². The molecule has 0 aromatic carbocycles. The molecule has 0 N–H and O–H groups in total. The highest BCUT2D eigenvalue weighted by Gasteiger charge is 2.46. The van der Waals surface area contributed by atoms with Gasteiger partial charge in [0.25, 0.3) is 0 Å². The maximum Gasteiger partial charge on any atom is 0.169 e. The number of hydrogen-bond acceptors (Lipinski definition) is 2. The van der Waals surface area contributed by atoms with E-state index in [-0.39, 0.29) is 5.79 Å². The third-order valence-electron chi connectivity index (χ3n) is 3.68.